The van der Waals surface area contributed by atoms with Crippen LogP contribution in [0.15, 0.2) is 54.2 Å². The summed E-state index contributed by atoms with van der Waals surface area (Å²) in [5.74, 6) is 0. The first-order valence-electron chi connectivity index (χ1n) is 8.50. The largest absolute Gasteiger partial charge is 0.388 e. The average molecular weight is 377 g/mol. The second kappa shape index (κ2) is 9.88. The van der Waals surface area contributed by atoms with E-state index in [4.69, 9.17) is 0 Å². The molecule has 0 aliphatic heterocycles. The molecule has 2 atom stereocenters. The molecule has 1 unspecified atom stereocenters. The third-order valence-corrected chi connectivity index (χ3v) is 5.32. The molecule has 0 aliphatic rings. The lowest BCUT2D eigenvalue weighted by atomic mass is 10.1. The van der Waals surface area contributed by atoms with Crippen molar-refractivity contribution in [2.24, 2.45) is 0 Å². The molecule has 0 aliphatic carbocycles. The van der Waals surface area contributed by atoms with E-state index in [-0.39, 0.29) is 18.5 Å². The van der Waals surface area contributed by atoms with Gasteiger partial charge in [-0.1, -0.05) is 18.2 Å². The van der Waals surface area contributed by atoms with Crippen molar-refractivity contribution in [2.75, 3.05) is 0 Å². The Morgan fingerprint density at radius 2 is 2.04 bits per heavy atom. The fraction of sp³-hybridized carbons (Fsp3) is 0.350. The summed E-state index contributed by atoms with van der Waals surface area (Å²) in [6.07, 6.45) is 6.34. The Labute approximate surface area is 159 Å². The number of nitrogens with zero attached hydrogens (tertiary/aromatic N) is 1. The van der Waals surface area contributed by atoms with Crippen molar-refractivity contribution in [3.8, 4) is 0 Å². The number of thiophene rings is 1. The van der Waals surface area contributed by atoms with E-state index >= 15 is 0 Å². The highest BCUT2D eigenvalue weighted by Crippen LogP contribution is 2.23. The molecule has 0 fully saturated rings. The van der Waals surface area contributed by atoms with Crippen LogP contribution < -0.4 is 5.32 Å². The van der Waals surface area contributed by atoms with Crippen LogP contribution in [0.5, 0.6) is 0 Å². The van der Waals surface area contributed by atoms with Crippen molar-refractivity contribution in [3.05, 3.63) is 64.6 Å². The molecule has 3 aromatic rings. The summed E-state index contributed by atoms with van der Waals surface area (Å²) in [5, 5.41) is 18.1. The zero-order chi connectivity index (χ0) is 16.8. The summed E-state index contributed by atoms with van der Waals surface area (Å²) in [6, 6.07) is 13.0. The lowest BCUT2D eigenvalue weighted by molar-refractivity contribution is 0.166. The highest BCUT2D eigenvalue weighted by atomic mass is 35.5. The van der Waals surface area contributed by atoms with Gasteiger partial charge in [0.05, 0.1) is 6.10 Å². The number of pyridine rings is 1. The number of hydrogen-bond acceptors (Lipinski definition) is 4. The van der Waals surface area contributed by atoms with Gasteiger partial charge in [0.15, 0.2) is 0 Å². The zero-order valence-electron chi connectivity index (χ0n) is 14.4. The first-order chi connectivity index (χ1) is 11.7. The summed E-state index contributed by atoms with van der Waals surface area (Å²) in [7, 11) is 0. The molecule has 3 nitrogen and oxygen atoms in total. The van der Waals surface area contributed by atoms with Crippen molar-refractivity contribution in [1.82, 2.24) is 10.3 Å². The molecule has 0 radical (unpaired) electrons. The molecule has 3 rings (SSSR count). The van der Waals surface area contributed by atoms with E-state index in [0.717, 1.165) is 30.7 Å². The predicted molar refractivity (Wildman–Crippen MR) is 108 cm³/mol. The number of benzene rings is 1. The standard InChI is InChI=1S/C20H24N2OS.ClH/c1-15(4-2-5-19(23)20-6-3-11-24-20)22-13-16-7-8-18-14-21-10-9-17(18)12-16;/h3,6-12,14-15,19,22-23H,2,4-5,13H2,1H3;1H/t15-,19?;/m1./s1. The van der Waals surface area contributed by atoms with Crippen LogP contribution in [0.25, 0.3) is 10.8 Å². The lowest BCUT2D eigenvalue weighted by Crippen LogP contribution is -2.25. The van der Waals surface area contributed by atoms with Crippen molar-refractivity contribution in [3.63, 3.8) is 0 Å². The number of aliphatic hydroxyl groups is 1. The quantitative estimate of drug-likeness (QED) is 0.574. The second-order valence-electron chi connectivity index (χ2n) is 6.30. The summed E-state index contributed by atoms with van der Waals surface area (Å²) in [4.78, 5) is 5.22. The number of hydrogen-bond donors (Lipinski definition) is 2. The molecule has 0 saturated carbocycles. The van der Waals surface area contributed by atoms with E-state index < -0.39 is 0 Å². The van der Waals surface area contributed by atoms with Crippen LogP contribution in [0.1, 0.15) is 42.7 Å². The first kappa shape index (κ1) is 19.9. The smallest absolute Gasteiger partial charge is 0.0882 e. The maximum atomic E-state index is 10.1. The minimum Gasteiger partial charge on any atom is -0.388 e. The highest BCUT2D eigenvalue weighted by molar-refractivity contribution is 7.10. The Hall–Kier alpha value is -1.46. The minimum atomic E-state index is -0.314. The molecular weight excluding hydrogens is 352 g/mol. The van der Waals surface area contributed by atoms with Gasteiger partial charge >= 0.3 is 0 Å². The Bertz CT molecular complexity index is 763. The van der Waals surface area contributed by atoms with Gasteiger partial charge in [0.2, 0.25) is 0 Å². The molecule has 2 heterocycles. The summed E-state index contributed by atoms with van der Waals surface area (Å²) >= 11 is 1.63. The van der Waals surface area contributed by atoms with Gasteiger partial charge in [0, 0.05) is 35.2 Å². The Kier molecular flexibility index (Phi) is 7.85. The number of nitrogens with one attached hydrogen (secondary N) is 1. The lowest BCUT2D eigenvalue weighted by Gasteiger charge is -2.15. The van der Waals surface area contributed by atoms with E-state index in [1.165, 1.54) is 16.3 Å². The average Bonchev–Trinajstić information content (AvgIpc) is 3.14. The highest BCUT2D eigenvalue weighted by Gasteiger charge is 2.09. The van der Waals surface area contributed by atoms with Crippen LogP contribution in [0.3, 0.4) is 0 Å². The van der Waals surface area contributed by atoms with Gasteiger partial charge in [-0.15, -0.1) is 23.7 Å². The summed E-state index contributed by atoms with van der Waals surface area (Å²) in [6.45, 7) is 3.08. The Morgan fingerprint density at radius 3 is 2.84 bits per heavy atom. The fourth-order valence-electron chi connectivity index (χ4n) is 2.88. The third-order valence-electron chi connectivity index (χ3n) is 4.35. The molecule has 0 bridgehead atoms. The van der Waals surface area contributed by atoms with Gasteiger partial charge in [-0.3, -0.25) is 4.98 Å². The Balaban J connectivity index is 0.00000225. The molecule has 134 valence electrons. The SMILES string of the molecule is C[C@H](CCCC(O)c1cccs1)NCc1ccc2cnccc2c1.Cl. The van der Waals surface area contributed by atoms with E-state index in [2.05, 4.69) is 35.4 Å². The zero-order valence-corrected chi connectivity index (χ0v) is 16.0. The van der Waals surface area contributed by atoms with E-state index in [9.17, 15) is 5.11 Å². The van der Waals surface area contributed by atoms with Gasteiger partial charge in [-0.2, -0.15) is 0 Å². The van der Waals surface area contributed by atoms with Gasteiger partial charge < -0.3 is 10.4 Å². The molecule has 0 amide bonds. The van der Waals surface area contributed by atoms with Gasteiger partial charge in [-0.05, 0) is 60.7 Å². The minimum absolute atomic E-state index is 0. The topological polar surface area (TPSA) is 45.1 Å². The molecule has 1 aromatic carbocycles. The number of rotatable bonds is 8. The number of aliphatic hydroxyl groups excluding tert-OH is 1. The molecule has 2 N–H and O–H groups in total. The van der Waals surface area contributed by atoms with Crippen LogP contribution in [0.2, 0.25) is 0 Å². The normalized spacial score (nSPS) is 13.4. The third kappa shape index (κ3) is 5.79. The van der Waals surface area contributed by atoms with Gasteiger partial charge in [-0.25, -0.2) is 0 Å². The van der Waals surface area contributed by atoms with Crippen molar-refractivity contribution in [2.45, 2.75) is 44.9 Å². The monoisotopic (exact) mass is 376 g/mol. The first-order valence-corrected chi connectivity index (χ1v) is 9.38. The summed E-state index contributed by atoms with van der Waals surface area (Å²) < 4.78 is 0. The van der Waals surface area contributed by atoms with Crippen molar-refractivity contribution >= 4 is 34.5 Å². The van der Waals surface area contributed by atoms with Crippen LogP contribution in [-0.2, 0) is 6.54 Å². The van der Waals surface area contributed by atoms with Crippen molar-refractivity contribution in [1.29, 1.82) is 0 Å². The Morgan fingerprint density at radius 1 is 1.16 bits per heavy atom. The van der Waals surface area contributed by atoms with E-state index in [1.54, 1.807) is 11.3 Å². The molecule has 5 heteroatoms. The fourth-order valence-corrected chi connectivity index (χ4v) is 3.62. The van der Waals surface area contributed by atoms with Crippen LogP contribution in [0.4, 0.5) is 0 Å². The number of halogens is 1. The second-order valence-corrected chi connectivity index (χ2v) is 7.28. The van der Waals surface area contributed by atoms with Crippen LogP contribution in [-0.4, -0.2) is 16.1 Å². The summed E-state index contributed by atoms with van der Waals surface area (Å²) in [5.41, 5.74) is 1.29. The molecule has 25 heavy (non-hydrogen) atoms. The molecular formula is C20H25ClN2OS. The predicted octanol–water partition coefficient (Wildman–Crippen LogP) is 5.10. The molecule has 0 saturated heterocycles. The molecule has 2 aromatic heterocycles. The van der Waals surface area contributed by atoms with Gasteiger partial charge in [0.1, 0.15) is 0 Å². The molecule has 0 spiro atoms. The van der Waals surface area contributed by atoms with E-state index in [0.29, 0.717) is 6.04 Å². The maximum Gasteiger partial charge on any atom is 0.0882 e. The number of fused-ring (bicyclic) bond motifs is 1. The van der Waals surface area contributed by atoms with Crippen LogP contribution >= 0.6 is 23.7 Å². The van der Waals surface area contributed by atoms with Crippen LogP contribution in [0, 0.1) is 0 Å². The van der Waals surface area contributed by atoms with Crippen molar-refractivity contribution < 1.29 is 5.11 Å². The number of aromatic nitrogens is 1. The van der Waals surface area contributed by atoms with Gasteiger partial charge in [0.25, 0.3) is 0 Å². The van der Waals surface area contributed by atoms with E-state index in [1.807, 2.05) is 36.0 Å². The maximum absolute atomic E-state index is 10.1.